The van der Waals surface area contributed by atoms with Crippen molar-refractivity contribution in [2.45, 2.75) is 0 Å². The predicted octanol–water partition coefficient (Wildman–Crippen LogP) is 12.0. The van der Waals surface area contributed by atoms with Crippen LogP contribution in [0, 0.1) is 0 Å². The van der Waals surface area contributed by atoms with Crippen LogP contribution in [-0.2, 0) is 0 Å². The highest BCUT2D eigenvalue weighted by Gasteiger charge is 2.18. The fourth-order valence-electron chi connectivity index (χ4n) is 5.33. The van der Waals surface area contributed by atoms with E-state index < -0.39 is 252 Å². The van der Waals surface area contributed by atoms with Gasteiger partial charge in [-0.25, -0.2) is 15.0 Å². The van der Waals surface area contributed by atoms with Crippen LogP contribution < -0.4 is 0 Å². The van der Waals surface area contributed by atoms with E-state index in [1.165, 1.54) is 0 Å². The zero-order valence-corrected chi connectivity index (χ0v) is 24.7. The smallest absolute Gasteiger partial charge is 0.164 e. The third-order valence-corrected chi connectivity index (χ3v) is 7.49. The summed E-state index contributed by atoms with van der Waals surface area (Å²) in [6.45, 7) is 0. The molecule has 5 nitrogen and oxygen atoms in total. The molecule has 0 bridgehead atoms. The lowest BCUT2D eigenvalue weighted by molar-refractivity contribution is 0.668. The average molecular weight is 668 g/mol. The first kappa shape index (κ1) is 12.6. The fraction of sp³-hybridized carbons (Fsp3) is 0. The third kappa shape index (κ3) is 4.75. The van der Waals surface area contributed by atoms with Gasteiger partial charge in [0.25, 0.3) is 0 Å². The standard InChI is InChI=1S/C45H27N3O2/c1-3-12-28(13-4-1)43-46-44(29-14-5-2-6-15-29)48-45(47-43)33-25-31(30-22-23-36-35-16-7-9-19-38(35)50-41(36)27-30)24-32(26-33)34-18-11-21-40-42(34)37-17-8-10-20-39(37)49-40/h1-27H/i1D,2D,3D,4D,5D,6D,7D,8D,9D,10D,11D,12D,13D,14D,15D,16D,17D,18D,19D,20D,21D,22D,23D,25D,26D,27D. The van der Waals surface area contributed by atoms with Gasteiger partial charge in [-0.3, -0.25) is 0 Å². The molecule has 0 fully saturated rings. The molecule has 3 aromatic heterocycles. The van der Waals surface area contributed by atoms with Crippen LogP contribution in [0.5, 0.6) is 0 Å². The SMILES string of the molecule is [2H]c1c([2H])c([2H])c(-c2nc(-c3c([2H])c(-c4c([2H])c([2H])c5c(oc6c([2H])c([2H])c([2H])c([2H])c65)c4[2H])cc(-c4c([2H])c([2H])c([2H])c5oc6c([2H])c([2H])c([2H])c([2H])c6c45)c3[2H])nc(-c3c([2H])c([2H])c([2H])c([2H])c3[2H])n2)c([2H])c1[2H]. The molecule has 0 radical (unpaired) electrons. The summed E-state index contributed by atoms with van der Waals surface area (Å²) in [5, 5.41) is -1.66. The van der Waals surface area contributed by atoms with Crippen LogP contribution in [0.15, 0.2) is 172 Å². The number of fused-ring (bicyclic) bond motifs is 6. The molecule has 5 heteroatoms. The molecule has 10 rings (SSSR count). The molecule has 0 saturated heterocycles. The van der Waals surface area contributed by atoms with Crippen molar-refractivity contribution < 1.29 is 44.5 Å². The number of hydrogen-bond donors (Lipinski definition) is 0. The second-order valence-electron chi connectivity index (χ2n) is 10.4. The summed E-state index contributed by atoms with van der Waals surface area (Å²) in [6, 6.07) is -20.9. The molecule has 0 N–H and O–H groups in total. The molecule has 0 amide bonds. The van der Waals surface area contributed by atoms with Crippen LogP contribution in [0.4, 0.5) is 0 Å². The van der Waals surface area contributed by atoms with E-state index >= 15 is 0 Å². The summed E-state index contributed by atoms with van der Waals surface area (Å²) < 4.78 is 241. The Morgan fingerprint density at radius 2 is 0.900 bits per heavy atom. The van der Waals surface area contributed by atoms with Gasteiger partial charge in [0.15, 0.2) is 17.5 Å². The van der Waals surface area contributed by atoms with Crippen LogP contribution in [0.25, 0.3) is 100 Å². The minimum absolute atomic E-state index is 0.366. The minimum atomic E-state index is -0.940. The van der Waals surface area contributed by atoms with Crippen molar-refractivity contribution in [3.8, 4) is 56.4 Å². The van der Waals surface area contributed by atoms with Crippen molar-refractivity contribution in [1.29, 1.82) is 0 Å². The number of para-hydroxylation sites is 2. The van der Waals surface area contributed by atoms with E-state index in [-0.39, 0.29) is 5.39 Å². The molecule has 7 aromatic carbocycles. The second kappa shape index (κ2) is 11.4. The van der Waals surface area contributed by atoms with Gasteiger partial charge in [-0.1, -0.05) is 115 Å². The number of benzene rings is 7. The molecule has 0 atom stereocenters. The van der Waals surface area contributed by atoms with Gasteiger partial charge in [-0.15, -0.1) is 0 Å². The predicted molar refractivity (Wildman–Crippen MR) is 202 cm³/mol. The summed E-state index contributed by atoms with van der Waals surface area (Å²) in [6.07, 6.45) is 0. The zero-order valence-electron chi connectivity index (χ0n) is 50.7. The van der Waals surface area contributed by atoms with E-state index in [1.54, 1.807) is 0 Å². The summed E-state index contributed by atoms with van der Waals surface area (Å²) in [5.41, 5.74) is -7.07. The van der Waals surface area contributed by atoms with Gasteiger partial charge < -0.3 is 8.83 Å². The average Bonchev–Trinajstić information content (AvgIpc) is 4.06. The topological polar surface area (TPSA) is 65.0 Å². The highest BCUT2D eigenvalue weighted by atomic mass is 16.3. The molecule has 0 aliphatic rings. The Bertz CT molecular complexity index is 4230. The zero-order chi connectivity index (χ0) is 55.6. The Morgan fingerprint density at radius 1 is 0.360 bits per heavy atom. The summed E-state index contributed by atoms with van der Waals surface area (Å²) in [4.78, 5) is 13.0. The quantitative estimate of drug-likeness (QED) is 0.183. The molecule has 50 heavy (non-hydrogen) atoms. The molecule has 3 heterocycles. The van der Waals surface area contributed by atoms with Crippen LogP contribution in [-0.4, -0.2) is 15.0 Å². The van der Waals surface area contributed by atoms with Crippen LogP contribution in [0.2, 0.25) is 0 Å². The molecule has 0 unspecified atom stereocenters. The van der Waals surface area contributed by atoms with Crippen LogP contribution in [0.3, 0.4) is 0 Å². The number of aromatic nitrogens is 3. The lowest BCUT2D eigenvalue weighted by Crippen LogP contribution is -2.00. The van der Waals surface area contributed by atoms with E-state index in [4.69, 9.17) is 36.2 Å². The Balaban J connectivity index is 1.45. The molecule has 234 valence electrons. The Morgan fingerprint density at radius 3 is 1.62 bits per heavy atom. The molecule has 0 saturated carbocycles. The monoisotopic (exact) mass is 667 g/mol. The Kier molecular flexibility index (Phi) is 2.86. The minimum Gasteiger partial charge on any atom is -0.456 e. The van der Waals surface area contributed by atoms with Crippen molar-refractivity contribution in [3.63, 3.8) is 0 Å². The number of rotatable bonds is 5. The van der Waals surface area contributed by atoms with E-state index in [2.05, 4.69) is 15.0 Å². The molecule has 0 aliphatic carbocycles. The first-order valence-corrected chi connectivity index (χ1v) is 14.5. The van der Waals surface area contributed by atoms with Crippen molar-refractivity contribution in [3.05, 3.63) is 163 Å². The molecule has 0 spiro atoms. The van der Waals surface area contributed by atoms with Gasteiger partial charge >= 0.3 is 0 Å². The summed E-state index contributed by atoms with van der Waals surface area (Å²) in [7, 11) is 0. The number of furan rings is 2. The first-order valence-electron chi connectivity index (χ1n) is 27.5. The van der Waals surface area contributed by atoms with Gasteiger partial charge in [-0.05, 0) is 70.6 Å². The maximum Gasteiger partial charge on any atom is 0.164 e. The molecule has 0 aliphatic heterocycles. The van der Waals surface area contributed by atoms with Gasteiger partial charge in [0.05, 0.1) is 35.6 Å². The summed E-state index contributed by atoms with van der Waals surface area (Å²) in [5.74, 6) is -2.60. The second-order valence-corrected chi connectivity index (χ2v) is 10.4. The maximum atomic E-state index is 9.97. The van der Waals surface area contributed by atoms with E-state index in [0.29, 0.717) is 0 Å². The Labute approximate surface area is 323 Å². The molecule has 10 aromatic rings. The first-order chi connectivity index (χ1) is 35.6. The maximum absolute atomic E-state index is 9.97. The van der Waals surface area contributed by atoms with Crippen molar-refractivity contribution >= 4 is 43.9 Å². The van der Waals surface area contributed by atoms with Gasteiger partial charge in [-0.2, -0.15) is 0 Å². The van der Waals surface area contributed by atoms with Gasteiger partial charge in [0.1, 0.15) is 22.3 Å². The van der Waals surface area contributed by atoms with E-state index in [0.717, 1.165) is 6.07 Å². The van der Waals surface area contributed by atoms with Gasteiger partial charge in [0.2, 0.25) is 0 Å². The normalized spacial score (nSPS) is 18.9. The largest absolute Gasteiger partial charge is 0.456 e. The number of hydrogen-bond acceptors (Lipinski definition) is 5. The lowest BCUT2D eigenvalue weighted by Gasteiger charge is -2.13. The Hall–Kier alpha value is -6.85. The molecular formula is C45H27N3O2. The molecular weight excluding hydrogens is 615 g/mol. The van der Waals surface area contributed by atoms with Crippen molar-refractivity contribution in [2.24, 2.45) is 0 Å². The fourth-order valence-corrected chi connectivity index (χ4v) is 5.33. The lowest BCUT2D eigenvalue weighted by atomic mass is 9.93. The van der Waals surface area contributed by atoms with Gasteiger partial charge in [0, 0.05) is 38.2 Å². The van der Waals surface area contributed by atoms with E-state index in [1.807, 2.05) is 0 Å². The summed E-state index contributed by atoms with van der Waals surface area (Å²) >= 11 is 0. The highest BCUT2D eigenvalue weighted by Crippen LogP contribution is 2.41. The van der Waals surface area contributed by atoms with Crippen LogP contribution in [0.1, 0.15) is 35.6 Å². The van der Waals surface area contributed by atoms with Crippen molar-refractivity contribution in [1.82, 2.24) is 15.0 Å². The van der Waals surface area contributed by atoms with Crippen LogP contribution >= 0.6 is 0 Å². The number of nitrogens with zero attached hydrogens (tertiary/aromatic N) is 3. The highest BCUT2D eigenvalue weighted by molar-refractivity contribution is 6.13. The third-order valence-electron chi connectivity index (χ3n) is 7.49. The van der Waals surface area contributed by atoms with E-state index in [9.17, 15) is 8.22 Å². The van der Waals surface area contributed by atoms with Crippen molar-refractivity contribution in [2.75, 3.05) is 0 Å².